The van der Waals surface area contributed by atoms with Gasteiger partial charge in [0.25, 0.3) is 0 Å². The lowest BCUT2D eigenvalue weighted by molar-refractivity contribution is -0.143. The number of nitrogens with zero attached hydrogens (tertiary/aromatic N) is 3. The van der Waals surface area contributed by atoms with E-state index in [-0.39, 0.29) is 44.9 Å². The molecule has 0 radical (unpaired) electrons. The number of hydrogen-bond donors (Lipinski definition) is 4. The molecule has 0 saturated heterocycles. The molecule has 0 atom stereocenters. The third-order valence-electron chi connectivity index (χ3n) is 3.69. The van der Waals surface area contributed by atoms with E-state index < -0.39 is 50.1 Å². The predicted molar refractivity (Wildman–Crippen MR) is 95.2 cm³/mol. The maximum Gasteiger partial charge on any atom is 0.317 e. The summed E-state index contributed by atoms with van der Waals surface area (Å²) in [5.74, 6) is -4.86. The Bertz CT molecular complexity index is 496. The van der Waals surface area contributed by atoms with Crippen LogP contribution < -0.4 is 0 Å². The molecule has 4 N–H and O–H groups in total. The van der Waals surface area contributed by atoms with Crippen molar-refractivity contribution >= 4 is 29.7 Å². The lowest BCUT2D eigenvalue weighted by Crippen LogP contribution is -2.45. The fourth-order valence-corrected chi connectivity index (χ4v) is 2.39. The molecule has 0 rings (SSSR count). The summed E-state index contributed by atoms with van der Waals surface area (Å²) in [5, 5.41) is 35.5. The number of Topliss-reactive ketones (excluding diaryl/α,β-unsaturated/α-hetero) is 1. The molecule has 0 aliphatic heterocycles. The van der Waals surface area contributed by atoms with Gasteiger partial charge in [-0.25, -0.2) is 0 Å². The largest absolute Gasteiger partial charge is 0.480 e. The number of carbonyl (C=O) groups excluding carboxylic acids is 1. The number of carboxylic acids is 4. The highest BCUT2D eigenvalue weighted by Crippen LogP contribution is 1.98. The van der Waals surface area contributed by atoms with Gasteiger partial charge in [-0.3, -0.25) is 38.7 Å². The van der Waals surface area contributed by atoms with Crippen LogP contribution in [-0.4, -0.2) is 124 Å². The van der Waals surface area contributed by atoms with Gasteiger partial charge in [-0.2, -0.15) is 0 Å². The van der Waals surface area contributed by atoms with E-state index in [4.69, 9.17) is 20.4 Å². The van der Waals surface area contributed by atoms with E-state index in [9.17, 15) is 24.0 Å². The molecule has 0 aliphatic rings. The third-order valence-corrected chi connectivity index (χ3v) is 3.69. The van der Waals surface area contributed by atoms with Crippen molar-refractivity contribution in [3.8, 4) is 0 Å². The SMILES string of the molecule is CCC(=O)CN(CCN(CC(=O)O)CC(=O)O)CCN(CC(=O)O)CC(=O)O. The number of carbonyl (C=O) groups is 5. The van der Waals surface area contributed by atoms with Gasteiger partial charge in [-0.1, -0.05) is 6.92 Å². The zero-order chi connectivity index (χ0) is 21.7. The van der Waals surface area contributed by atoms with Gasteiger partial charge < -0.3 is 20.4 Å². The number of hydrogen-bond acceptors (Lipinski definition) is 8. The van der Waals surface area contributed by atoms with Gasteiger partial charge in [0.2, 0.25) is 0 Å². The number of rotatable bonds is 17. The Kier molecular flexibility index (Phi) is 12.3. The average molecular weight is 405 g/mol. The summed E-state index contributed by atoms with van der Waals surface area (Å²) in [7, 11) is 0. The highest BCUT2D eigenvalue weighted by atomic mass is 16.4. The Morgan fingerprint density at radius 1 is 0.536 bits per heavy atom. The molecule has 0 unspecified atom stereocenters. The Balaban J connectivity index is 4.95. The molecule has 0 saturated carbocycles. The fourth-order valence-electron chi connectivity index (χ4n) is 2.39. The van der Waals surface area contributed by atoms with E-state index in [1.54, 1.807) is 11.8 Å². The van der Waals surface area contributed by atoms with Crippen LogP contribution in [-0.2, 0) is 24.0 Å². The van der Waals surface area contributed by atoms with Crippen LogP contribution in [0.4, 0.5) is 0 Å². The van der Waals surface area contributed by atoms with E-state index in [1.165, 1.54) is 9.80 Å². The first-order chi connectivity index (χ1) is 13.0. The second-order valence-corrected chi connectivity index (χ2v) is 6.16. The smallest absolute Gasteiger partial charge is 0.317 e. The molecule has 12 heteroatoms. The third kappa shape index (κ3) is 13.6. The lowest BCUT2D eigenvalue weighted by Gasteiger charge is -2.27. The summed E-state index contributed by atoms with van der Waals surface area (Å²) < 4.78 is 0. The Morgan fingerprint density at radius 3 is 1.07 bits per heavy atom. The highest BCUT2D eigenvalue weighted by molar-refractivity contribution is 5.80. The van der Waals surface area contributed by atoms with Crippen molar-refractivity contribution in [1.29, 1.82) is 0 Å². The molecular weight excluding hydrogens is 378 g/mol. The van der Waals surface area contributed by atoms with Gasteiger partial charge in [0.05, 0.1) is 32.7 Å². The molecular formula is C16H27N3O9. The summed E-state index contributed by atoms with van der Waals surface area (Å²) >= 11 is 0. The molecule has 0 fully saturated rings. The van der Waals surface area contributed by atoms with Gasteiger partial charge in [-0.15, -0.1) is 0 Å². The summed E-state index contributed by atoms with van der Waals surface area (Å²) in [6, 6.07) is 0. The highest BCUT2D eigenvalue weighted by Gasteiger charge is 2.19. The average Bonchev–Trinajstić information content (AvgIpc) is 2.54. The van der Waals surface area contributed by atoms with Crippen LogP contribution in [0.3, 0.4) is 0 Å². The first-order valence-electron chi connectivity index (χ1n) is 8.59. The van der Waals surface area contributed by atoms with Gasteiger partial charge in [0.15, 0.2) is 0 Å². The van der Waals surface area contributed by atoms with E-state index in [0.717, 1.165) is 0 Å². The second-order valence-electron chi connectivity index (χ2n) is 6.16. The zero-order valence-electron chi connectivity index (χ0n) is 15.7. The van der Waals surface area contributed by atoms with Crippen LogP contribution in [0.15, 0.2) is 0 Å². The molecule has 0 aromatic heterocycles. The van der Waals surface area contributed by atoms with Crippen LogP contribution in [0.5, 0.6) is 0 Å². The quantitative estimate of drug-likeness (QED) is 0.214. The first kappa shape index (κ1) is 25.4. The standard InChI is InChI=1S/C16H27N3O9/c1-2-12(20)7-17(3-5-18(8-13(21)22)9-14(23)24)4-6-19(10-15(25)26)11-16(27)28/h2-11H2,1H3,(H,21,22)(H,23,24)(H,25,26)(H,27,28). The van der Waals surface area contributed by atoms with Crippen LogP contribution in [0.2, 0.25) is 0 Å². The molecule has 0 aromatic rings. The van der Waals surface area contributed by atoms with Crippen LogP contribution in [0.25, 0.3) is 0 Å². The Morgan fingerprint density at radius 2 is 0.821 bits per heavy atom. The topological polar surface area (TPSA) is 176 Å². The molecule has 0 aromatic carbocycles. The van der Waals surface area contributed by atoms with Crippen molar-refractivity contribution in [1.82, 2.24) is 14.7 Å². The van der Waals surface area contributed by atoms with Crippen LogP contribution in [0.1, 0.15) is 13.3 Å². The number of aliphatic carboxylic acids is 4. The number of carboxylic acid groups (broad SMARTS) is 4. The molecule has 0 bridgehead atoms. The van der Waals surface area contributed by atoms with Crippen molar-refractivity contribution in [2.75, 3.05) is 58.9 Å². The molecule has 0 heterocycles. The minimum atomic E-state index is -1.19. The molecule has 0 aliphatic carbocycles. The Labute approximate surface area is 161 Å². The van der Waals surface area contributed by atoms with E-state index >= 15 is 0 Å². The van der Waals surface area contributed by atoms with E-state index in [0.29, 0.717) is 0 Å². The summed E-state index contributed by atoms with van der Waals surface area (Å²) in [6.45, 7) is 0.221. The molecule has 0 spiro atoms. The molecule has 28 heavy (non-hydrogen) atoms. The van der Waals surface area contributed by atoms with Gasteiger partial charge in [0.1, 0.15) is 5.78 Å². The van der Waals surface area contributed by atoms with E-state index in [1.807, 2.05) is 0 Å². The minimum absolute atomic E-state index is 0.0124. The lowest BCUT2D eigenvalue weighted by atomic mass is 10.2. The number of ketones is 1. The predicted octanol–water partition coefficient (Wildman–Crippen LogP) is -1.79. The molecule has 12 nitrogen and oxygen atoms in total. The molecule has 0 amide bonds. The van der Waals surface area contributed by atoms with Crippen molar-refractivity contribution in [2.45, 2.75) is 13.3 Å². The van der Waals surface area contributed by atoms with Gasteiger partial charge in [0, 0.05) is 32.6 Å². The second kappa shape index (κ2) is 13.6. The van der Waals surface area contributed by atoms with Gasteiger partial charge >= 0.3 is 23.9 Å². The zero-order valence-corrected chi connectivity index (χ0v) is 15.7. The van der Waals surface area contributed by atoms with Crippen molar-refractivity contribution < 1.29 is 44.4 Å². The van der Waals surface area contributed by atoms with Crippen molar-refractivity contribution in [3.05, 3.63) is 0 Å². The minimum Gasteiger partial charge on any atom is -0.480 e. The summed E-state index contributed by atoms with van der Waals surface area (Å²) in [5.41, 5.74) is 0. The van der Waals surface area contributed by atoms with E-state index in [2.05, 4.69) is 0 Å². The van der Waals surface area contributed by atoms with Crippen LogP contribution >= 0.6 is 0 Å². The Hall–Kier alpha value is -2.57. The fraction of sp³-hybridized carbons (Fsp3) is 0.688. The monoisotopic (exact) mass is 405 g/mol. The van der Waals surface area contributed by atoms with Crippen LogP contribution in [0, 0.1) is 0 Å². The maximum absolute atomic E-state index is 11.8. The van der Waals surface area contributed by atoms with Crippen molar-refractivity contribution in [2.24, 2.45) is 0 Å². The maximum atomic E-state index is 11.8. The first-order valence-corrected chi connectivity index (χ1v) is 8.59. The molecule has 160 valence electrons. The summed E-state index contributed by atoms with van der Waals surface area (Å²) in [6.07, 6.45) is 0.262. The normalized spacial score (nSPS) is 11.1. The van der Waals surface area contributed by atoms with Crippen molar-refractivity contribution in [3.63, 3.8) is 0 Å². The summed E-state index contributed by atoms with van der Waals surface area (Å²) in [4.78, 5) is 59.2. The van der Waals surface area contributed by atoms with Gasteiger partial charge in [-0.05, 0) is 0 Å².